The predicted octanol–water partition coefficient (Wildman–Crippen LogP) is 3.52. The van der Waals surface area contributed by atoms with E-state index in [-0.39, 0.29) is 79.7 Å². The maximum atomic E-state index is 11.2. The topological polar surface area (TPSA) is 137 Å². The van der Waals surface area contributed by atoms with Gasteiger partial charge >= 0.3 is 0 Å². The molecule has 2 aromatic rings. The largest absolute Gasteiger partial charge is 0.670 e. The van der Waals surface area contributed by atoms with E-state index in [1.54, 1.807) is 6.07 Å². The average Bonchev–Trinajstić information content (AvgIpc) is 3.18. The quantitative estimate of drug-likeness (QED) is 0.314. The van der Waals surface area contributed by atoms with Crippen molar-refractivity contribution in [2.75, 3.05) is 11.1 Å². The van der Waals surface area contributed by atoms with E-state index >= 15 is 0 Å². The molecule has 5 radical (unpaired) electrons. The van der Waals surface area contributed by atoms with Crippen LogP contribution in [0.3, 0.4) is 0 Å². The molecule has 34 heavy (non-hydrogen) atoms. The molecule has 2 atom stereocenters. The van der Waals surface area contributed by atoms with Crippen LogP contribution in [0.5, 0.6) is 0 Å². The van der Waals surface area contributed by atoms with Crippen LogP contribution in [0.4, 0.5) is 11.4 Å². The first-order valence-electron chi connectivity index (χ1n) is 9.91. The fourth-order valence-electron chi connectivity index (χ4n) is 4.13. The molecule has 0 saturated heterocycles. The molecule has 0 bridgehead atoms. The zero-order chi connectivity index (χ0) is 23.0. The summed E-state index contributed by atoms with van der Waals surface area (Å²) in [6.45, 7) is 9.14. The summed E-state index contributed by atoms with van der Waals surface area (Å²) in [6.07, 6.45) is 2.07. The van der Waals surface area contributed by atoms with Gasteiger partial charge in [-0.2, -0.15) is 0 Å². The maximum absolute atomic E-state index is 11.2. The van der Waals surface area contributed by atoms with E-state index in [0.29, 0.717) is 31.4 Å². The Labute approximate surface area is 253 Å². The molecule has 2 aromatic carbocycles. The van der Waals surface area contributed by atoms with Gasteiger partial charge in [0.15, 0.2) is 0 Å². The minimum Gasteiger partial charge on any atom is -0.670 e. The van der Waals surface area contributed by atoms with Crippen LogP contribution in [0.25, 0.3) is 11.5 Å². The summed E-state index contributed by atoms with van der Waals surface area (Å²) < 4.78 is 0. The summed E-state index contributed by atoms with van der Waals surface area (Å²) in [7, 11) is 0. The second-order valence-corrected chi connectivity index (χ2v) is 8.62. The van der Waals surface area contributed by atoms with Crippen molar-refractivity contribution >= 4 is 37.5 Å². The van der Waals surface area contributed by atoms with Crippen molar-refractivity contribution < 1.29 is 79.8 Å². The van der Waals surface area contributed by atoms with E-state index in [0.717, 1.165) is 27.9 Å². The summed E-state index contributed by atoms with van der Waals surface area (Å²) in [5, 5.41) is 2.70. The van der Waals surface area contributed by atoms with Crippen molar-refractivity contribution in [3.05, 3.63) is 84.0 Å². The number of hydrogen-bond acceptors (Lipinski definition) is 4. The van der Waals surface area contributed by atoms with Gasteiger partial charge in [-0.3, -0.25) is 4.79 Å². The molecule has 10 heteroatoms. The zero-order valence-corrected chi connectivity index (χ0v) is 24.9. The second kappa shape index (κ2) is 12.8. The van der Waals surface area contributed by atoms with Gasteiger partial charge in [0.25, 0.3) is 0 Å². The Bertz CT molecular complexity index is 1080. The van der Waals surface area contributed by atoms with Crippen molar-refractivity contribution in [2.24, 2.45) is 10.8 Å². The minimum atomic E-state index is -0.850. The molecular formula is C24H26BN4O3Y2-4. The molecule has 3 amide bonds. The summed E-state index contributed by atoms with van der Waals surface area (Å²) in [6, 6.07) is 11.1. The molecule has 0 heterocycles. The van der Waals surface area contributed by atoms with Crippen LogP contribution < -0.4 is 11.1 Å². The number of benzene rings is 2. The maximum Gasteiger partial charge on any atom is 0.221 e. The number of rotatable bonds is 3. The third-order valence-corrected chi connectivity index (χ3v) is 5.84. The van der Waals surface area contributed by atoms with Crippen molar-refractivity contribution in [3.8, 4) is 0 Å². The third-order valence-electron chi connectivity index (χ3n) is 5.84. The molecule has 173 valence electrons. The molecule has 2 aliphatic rings. The summed E-state index contributed by atoms with van der Waals surface area (Å²) in [4.78, 5) is 33.3. The predicted molar refractivity (Wildman–Crippen MR) is 126 cm³/mol. The molecule has 5 N–H and O–H groups in total. The molecular weight excluding hydrogens is 581 g/mol. The Kier molecular flexibility index (Phi) is 12.3. The Balaban J connectivity index is 0.000000597. The smallest absolute Gasteiger partial charge is 0.221 e. The summed E-state index contributed by atoms with van der Waals surface area (Å²) in [5.41, 5.74) is 24.0. The SMILES string of the molecule is [B].[CH2-]C1(C([NH-])=O)Cc2ccc(N)cc2C1.[CH2-]C1(C([NH-])=O)Cc2ccc(NC(C)=O)cc2C1.[Y].[Y]. The average molecular weight is 607 g/mol. The van der Waals surface area contributed by atoms with Crippen LogP contribution in [-0.2, 0) is 105 Å². The number of nitrogen functional groups attached to an aromatic ring is 1. The number of anilines is 2. The second-order valence-electron chi connectivity index (χ2n) is 8.62. The first-order chi connectivity index (χ1) is 14.4. The molecule has 0 fully saturated rings. The molecule has 2 unspecified atom stereocenters. The van der Waals surface area contributed by atoms with Gasteiger partial charge in [-0.25, -0.2) is 0 Å². The van der Waals surface area contributed by atoms with Gasteiger partial charge in [0, 0.05) is 104 Å². The Morgan fingerprint density at radius 3 is 1.68 bits per heavy atom. The number of hydrogen-bond donors (Lipinski definition) is 2. The van der Waals surface area contributed by atoms with Gasteiger partial charge in [-0.1, -0.05) is 12.1 Å². The van der Waals surface area contributed by atoms with Crippen LogP contribution in [0.15, 0.2) is 36.4 Å². The van der Waals surface area contributed by atoms with Gasteiger partial charge in [-0.15, -0.1) is 10.8 Å². The molecule has 4 rings (SSSR count). The number of fused-ring (bicyclic) bond motifs is 2. The molecule has 0 spiro atoms. The molecule has 7 nitrogen and oxygen atoms in total. The van der Waals surface area contributed by atoms with Crippen LogP contribution in [0.2, 0.25) is 0 Å². The van der Waals surface area contributed by atoms with Gasteiger partial charge in [-0.05, 0) is 72.2 Å². The summed E-state index contributed by atoms with van der Waals surface area (Å²) in [5.74, 6) is -1.34. The van der Waals surface area contributed by atoms with E-state index in [2.05, 4.69) is 19.2 Å². The number of nitrogens with one attached hydrogen (secondary N) is 3. The van der Waals surface area contributed by atoms with E-state index in [1.165, 1.54) is 6.92 Å². The number of nitrogens with two attached hydrogens (primary N) is 1. The van der Waals surface area contributed by atoms with Gasteiger partial charge in [0.05, 0.1) is 0 Å². The molecule has 0 aliphatic heterocycles. The van der Waals surface area contributed by atoms with Gasteiger partial charge in [0.2, 0.25) is 5.91 Å². The Morgan fingerprint density at radius 2 is 1.24 bits per heavy atom. The van der Waals surface area contributed by atoms with Crippen molar-refractivity contribution in [3.63, 3.8) is 0 Å². The van der Waals surface area contributed by atoms with E-state index in [1.807, 2.05) is 30.3 Å². The Hall–Kier alpha value is -1.08. The number of carbonyl (C=O) groups is 3. The van der Waals surface area contributed by atoms with Crippen molar-refractivity contribution in [2.45, 2.75) is 32.6 Å². The minimum absolute atomic E-state index is 0. The zero-order valence-electron chi connectivity index (χ0n) is 19.2. The van der Waals surface area contributed by atoms with Crippen LogP contribution >= 0.6 is 0 Å². The third kappa shape index (κ3) is 7.46. The summed E-state index contributed by atoms with van der Waals surface area (Å²) >= 11 is 0. The number of amides is 3. The Morgan fingerprint density at radius 1 is 0.824 bits per heavy atom. The van der Waals surface area contributed by atoms with E-state index < -0.39 is 22.6 Å². The standard InChI is InChI=1S/C13H15N2O2.C11H13N2O.B.2Y/c1-8(16)15-11-4-3-9-6-13(2,12(14)17)7-10(9)5-11;1-11(10(13)14)5-7-2-3-9(12)4-8(7)6-11;;;/h3-5H,2,6-7H2,1H3,(H3,14,15,16,17);2-4H,1,5-6,12H2,(H2,13,14);;;/q2*-1;;;/p-2. The first-order valence-corrected chi connectivity index (χ1v) is 9.91. The van der Waals surface area contributed by atoms with E-state index in [9.17, 15) is 14.4 Å². The van der Waals surface area contributed by atoms with Gasteiger partial charge < -0.3 is 46.0 Å². The van der Waals surface area contributed by atoms with Crippen LogP contribution in [0, 0.1) is 24.7 Å². The molecule has 2 aliphatic carbocycles. The fraction of sp³-hybridized carbons (Fsp3) is 0.292. The first kappa shape index (κ1) is 32.9. The molecule has 0 saturated carbocycles. The van der Waals surface area contributed by atoms with Crippen molar-refractivity contribution in [1.29, 1.82) is 0 Å². The fourth-order valence-corrected chi connectivity index (χ4v) is 4.13. The number of carbonyl (C=O) groups excluding carboxylic acids is 3. The van der Waals surface area contributed by atoms with Gasteiger partial charge in [0.1, 0.15) is 0 Å². The van der Waals surface area contributed by atoms with Crippen LogP contribution in [0.1, 0.15) is 29.2 Å². The van der Waals surface area contributed by atoms with E-state index in [4.69, 9.17) is 17.2 Å². The van der Waals surface area contributed by atoms with Crippen LogP contribution in [-0.4, -0.2) is 26.1 Å². The molecule has 0 aromatic heterocycles. The normalized spacial score (nSPS) is 21.1. The monoisotopic (exact) mass is 607 g/mol. The van der Waals surface area contributed by atoms with Crippen molar-refractivity contribution in [1.82, 2.24) is 0 Å².